The Balaban J connectivity index is 1.17. The van der Waals surface area contributed by atoms with Crippen LogP contribution in [0.4, 0.5) is 23.8 Å². The smallest absolute Gasteiger partial charge is 0.410 e. The molecule has 2 bridgehead atoms. The minimum Gasteiger partial charge on any atom is -0.508 e. The average molecular weight is 729 g/mol. The van der Waals surface area contributed by atoms with Crippen LogP contribution in [-0.2, 0) is 4.74 Å². The van der Waals surface area contributed by atoms with Crippen molar-refractivity contribution >= 4 is 33.6 Å². The molecule has 2 aromatic heterocycles. The quantitative estimate of drug-likeness (QED) is 0.186. The number of carbonyl (C=O) groups is 1. The molecule has 53 heavy (non-hydrogen) atoms. The summed E-state index contributed by atoms with van der Waals surface area (Å²) in [5.74, 6) is 1.40. The topological polar surface area (TPSA) is 104 Å². The van der Waals surface area contributed by atoms with Crippen molar-refractivity contribution < 1.29 is 32.5 Å². The average Bonchev–Trinajstić information content (AvgIpc) is 3.86. The van der Waals surface area contributed by atoms with Crippen molar-refractivity contribution in [3.63, 3.8) is 0 Å². The standard InChI is InChI=1S/C40H43F3N6O4/c1-4-29-32(42)8-5-24-15-28(50)16-30(33(24)29)35-34(43)36-31(17-44-35)37(48-18-26-6-7-27(19-48)49(26)39(51)52-20-23(2)3)46-38(45-36)53-22-40(11-12-40)21-47-13-9-25(41)10-14-47/h1,5,8,15-17,23,25-27,50H,6-7,9-14,18-22H2,2-3H3. The largest absolute Gasteiger partial charge is 0.508 e. The van der Waals surface area contributed by atoms with Gasteiger partial charge in [0.15, 0.2) is 5.82 Å². The van der Waals surface area contributed by atoms with Crippen molar-refractivity contribution in [1.82, 2.24) is 24.8 Å². The molecule has 4 aliphatic rings. The minimum absolute atomic E-state index is 0.000429. The second-order valence-corrected chi connectivity index (χ2v) is 15.6. The zero-order valence-corrected chi connectivity index (χ0v) is 30.0. The van der Waals surface area contributed by atoms with E-state index in [0.717, 1.165) is 32.2 Å². The lowest BCUT2D eigenvalue weighted by atomic mass is 9.96. The molecule has 1 saturated carbocycles. The monoisotopic (exact) mass is 728 g/mol. The van der Waals surface area contributed by atoms with Gasteiger partial charge in [0.1, 0.15) is 34.8 Å². The third-order valence-corrected chi connectivity index (χ3v) is 11.2. The molecule has 3 saturated heterocycles. The number of anilines is 1. The first-order chi connectivity index (χ1) is 25.5. The zero-order chi connectivity index (χ0) is 37.0. The number of aromatic nitrogens is 3. The number of amides is 1. The maximum absolute atomic E-state index is 17.0. The number of pyridine rings is 1. The first-order valence-corrected chi connectivity index (χ1v) is 18.5. The summed E-state index contributed by atoms with van der Waals surface area (Å²) in [4.78, 5) is 33.3. The fraction of sp³-hybridized carbons (Fsp3) is 0.500. The zero-order valence-electron chi connectivity index (χ0n) is 30.0. The first-order valence-electron chi connectivity index (χ1n) is 18.5. The molecule has 0 radical (unpaired) electrons. The fourth-order valence-electron chi connectivity index (χ4n) is 8.23. The lowest BCUT2D eigenvalue weighted by Gasteiger charge is -2.41. The van der Waals surface area contributed by atoms with Gasteiger partial charge >= 0.3 is 12.1 Å². The van der Waals surface area contributed by atoms with Crippen molar-refractivity contribution in [2.24, 2.45) is 11.3 Å². The van der Waals surface area contributed by atoms with Gasteiger partial charge in [0.2, 0.25) is 0 Å². The highest BCUT2D eigenvalue weighted by molar-refractivity contribution is 6.03. The first kappa shape index (κ1) is 35.2. The number of hydrogen-bond acceptors (Lipinski definition) is 9. The van der Waals surface area contributed by atoms with Crippen molar-refractivity contribution in [2.45, 2.75) is 70.6 Å². The van der Waals surface area contributed by atoms with Crippen LogP contribution in [0.3, 0.4) is 0 Å². The van der Waals surface area contributed by atoms with Gasteiger partial charge in [0.25, 0.3) is 0 Å². The van der Waals surface area contributed by atoms with Gasteiger partial charge in [0.05, 0.1) is 36.2 Å². The Hall–Kier alpha value is -4.83. The summed E-state index contributed by atoms with van der Waals surface area (Å²) in [6.45, 7) is 7.71. The minimum atomic E-state index is -0.802. The number of fused-ring (bicyclic) bond motifs is 4. The molecular formula is C40H43F3N6O4. The van der Waals surface area contributed by atoms with Crippen molar-refractivity contribution in [1.29, 1.82) is 0 Å². The molecule has 5 heterocycles. The van der Waals surface area contributed by atoms with Gasteiger partial charge < -0.3 is 24.4 Å². The summed E-state index contributed by atoms with van der Waals surface area (Å²) in [6.07, 6.45) is 10.7. The molecule has 278 valence electrons. The Bertz CT molecular complexity index is 2100. The summed E-state index contributed by atoms with van der Waals surface area (Å²) < 4.78 is 57.7. The number of benzene rings is 2. The molecule has 4 aromatic rings. The number of halogens is 3. The van der Waals surface area contributed by atoms with Gasteiger partial charge in [-0.05, 0) is 68.0 Å². The number of hydrogen-bond donors (Lipinski definition) is 1. The third-order valence-electron chi connectivity index (χ3n) is 11.2. The normalized spacial score (nSPS) is 21.4. The molecule has 8 rings (SSSR count). The van der Waals surface area contributed by atoms with Gasteiger partial charge in [-0.25, -0.2) is 18.0 Å². The number of terminal acetylenes is 1. The summed E-state index contributed by atoms with van der Waals surface area (Å²) >= 11 is 0. The van der Waals surface area contributed by atoms with Crippen LogP contribution in [0, 0.1) is 35.3 Å². The summed E-state index contributed by atoms with van der Waals surface area (Å²) in [5.41, 5.74) is -0.289. The van der Waals surface area contributed by atoms with E-state index in [-0.39, 0.29) is 69.0 Å². The van der Waals surface area contributed by atoms with Crippen molar-refractivity contribution in [3.8, 4) is 35.4 Å². The van der Waals surface area contributed by atoms with Gasteiger partial charge in [-0.2, -0.15) is 9.97 Å². The highest BCUT2D eigenvalue weighted by Gasteiger charge is 2.46. The van der Waals surface area contributed by atoms with Crippen LogP contribution in [0.1, 0.15) is 57.9 Å². The van der Waals surface area contributed by atoms with E-state index in [0.29, 0.717) is 68.8 Å². The second kappa shape index (κ2) is 13.9. The van der Waals surface area contributed by atoms with E-state index in [2.05, 4.69) is 20.8 Å². The van der Waals surface area contributed by atoms with Crippen LogP contribution in [0.2, 0.25) is 0 Å². The van der Waals surface area contributed by atoms with E-state index >= 15 is 4.39 Å². The molecule has 2 atom stereocenters. The summed E-state index contributed by atoms with van der Waals surface area (Å²) in [5, 5.41) is 11.6. The number of aromatic hydroxyl groups is 1. The van der Waals surface area contributed by atoms with Crippen LogP contribution >= 0.6 is 0 Å². The number of ether oxygens (including phenoxy) is 2. The van der Waals surface area contributed by atoms with E-state index in [4.69, 9.17) is 20.9 Å². The molecule has 3 aliphatic heterocycles. The SMILES string of the molecule is C#Cc1c(F)ccc2cc(O)cc(-c3ncc4c(N5CC6CCC(C5)N6C(=O)OCC(C)C)nc(OCC5(CN6CCC(F)CC6)CC5)nc4c3F)c12. The number of likely N-dealkylation sites (tertiary alicyclic amines) is 1. The predicted octanol–water partition coefficient (Wildman–Crippen LogP) is 6.85. The number of piperazine rings is 1. The maximum Gasteiger partial charge on any atom is 0.410 e. The van der Waals surface area contributed by atoms with Gasteiger partial charge in [-0.3, -0.25) is 9.88 Å². The number of phenolic OH excluding ortho intramolecular Hbond substituents is 1. The molecule has 0 spiro atoms. The Morgan fingerprint density at radius 2 is 1.83 bits per heavy atom. The van der Waals surface area contributed by atoms with E-state index in [9.17, 15) is 18.7 Å². The Labute approximate surface area is 306 Å². The van der Waals surface area contributed by atoms with Gasteiger partial charge in [-0.1, -0.05) is 25.8 Å². The van der Waals surface area contributed by atoms with E-state index < -0.39 is 17.8 Å². The highest BCUT2D eigenvalue weighted by Crippen LogP contribution is 2.47. The van der Waals surface area contributed by atoms with E-state index in [1.807, 2.05) is 23.6 Å². The molecule has 13 heteroatoms. The maximum atomic E-state index is 17.0. The van der Waals surface area contributed by atoms with E-state index in [1.54, 1.807) is 0 Å². The van der Waals surface area contributed by atoms with Crippen LogP contribution in [-0.4, -0.2) is 100 Å². The van der Waals surface area contributed by atoms with Crippen LogP contribution in [0.25, 0.3) is 32.9 Å². The molecule has 1 amide bonds. The van der Waals surface area contributed by atoms with Gasteiger partial charge in [0, 0.05) is 55.3 Å². The Morgan fingerprint density at radius 1 is 1.09 bits per heavy atom. The lowest BCUT2D eigenvalue weighted by molar-refractivity contribution is 0.0703. The van der Waals surface area contributed by atoms with Crippen LogP contribution in [0.15, 0.2) is 30.5 Å². The Kier molecular flexibility index (Phi) is 9.21. The third kappa shape index (κ3) is 6.78. The number of piperidine rings is 1. The molecule has 1 aliphatic carbocycles. The number of rotatable bonds is 9. The predicted molar refractivity (Wildman–Crippen MR) is 195 cm³/mol. The second-order valence-electron chi connectivity index (χ2n) is 15.6. The molecule has 2 unspecified atom stereocenters. The number of alkyl halides is 1. The summed E-state index contributed by atoms with van der Waals surface area (Å²) in [7, 11) is 0. The number of carbonyl (C=O) groups excluding carboxylic acids is 1. The van der Waals surface area contributed by atoms with Crippen LogP contribution in [0.5, 0.6) is 11.8 Å². The number of nitrogens with zero attached hydrogens (tertiary/aromatic N) is 6. The van der Waals surface area contributed by atoms with E-state index in [1.165, 1.54) is 30.5 Å². The van der Waals surface area contributed by atoms with Crippen molar-refractivity contribution in [3.05, 3.63) is 47.7 Å². The molecule has 10 nitrogen and oxygen atoms in total. The Morgan fingerprint density at radius 3 is 2.51 bits per heavy atom. The molecule has 1 N–H and O–H groups in total. The van der Waals surface area contributed by atoms with Crippen molar-refractivity contribution in [2.75, 3.05) is 50.8 Å². The molecule has 2 aromatic carbocycles. The van der Waals surface area contributed by atoms with Crippen LogP contribution < -0.4 is 9.64 Å². The highest BCUT2D eigenvalue weighted by atomic mass is 19.1. The van der Waals surface area contributed by atoms with Gasteiger partial charge in [-0.15, -0.1) is 6.42 Å². The number of phenols is 1. The summed E-state index contributed by atoms with van der Waals surface area (Å²) in [6, 6.07) is 5.18. The fourth-order valence-corrected chi connectivity index (χ4v) is 8.23. The lowest BCUT2D eigenvalue weighted by Crippen LogP contribution is -2.56. The molecule has 4 fully saturated rings. The molecular weight excluding hydrogens is 685 g/mol.